The van der Waals surface area contributed by atoms with Crippen LogP contribution in [0.3, 0.4) is 0 Å². The zero-order valence-corrected chi connectivity index (χ0v) is 16.6. The van der Waals surface area contributed by atoms with Crippen molar-refractivity contribution < 1.29 is 23.5 Å². The number of primary amides is 1. The molecule has 5 N–H and O–H groups in total. The highest BCUT2D eigenvalue weighted by molar-refractivity contribution is 7.11. The first-order valence-electron chi connectivity index (χ1n) is 8.94. The average Bonchev–Trinajstić information content (AvgIpc) is 3.10. The summed E-state index contributed by atoms with van der Waals surface area (Å²) in [5.41, 5.74) is 12.1. The number of anilines is 1. The molecule has 0 radical (unpaired) electrons. The molecular weight excluding hydrogens is 401 g/mol. The third kappa shape index (κ3) is 5.00. The van der Waals surface area contributed by atoms with Gasteiger partial charge in [0, 0.05) is 25.2 Å². The molecule has 0 aliphatic carbocycles. The fourth-order valence-electron chi connectivity index (χ4n) is 2.81. The number of amides is 3. The van der Waals surface area contributed by atoms with E-state index in [1.807, 2.05) is 0 Å². The Balaban J connectivity index is 1.71. The molecule has 9 nitrogen and oxygen atoms in total. The van der Waals surface area contributed by atoms with Crippen LogP contribution < -0.4 is 21.5 Å². The summed E-state index contributed by atoms with van der Waals surface area (Å²) >= 11 is 0.861. The number of nitrogens with zero attached hydrogens (tertiary/aromatic N) is 2. The Hall–Kier alpha value is -2.76. The Morgan fingerprint density at radius 2 is 2.28 bits per heavy atom. The number of aryl methyl sites for hydroxylation is 1. The molecule has 3 rings (SSSR count). The smallest absolute Gasteiger partial charge is 0.322 e. The second kappa shape index (κ2) is 9.16. The largest absolute Gasteiger partial charge is 0.471 e. The number of carbonyl (C=O) groups is 2. The fourth-order valence-corrected chi connectivity index (χ4v) is 3.55. The first kappa shape index (κ1) is 21.0. The minimum absolute atomic E-state index is 0.0559. The van der Waals surface area contributed by atoms with Gasteiger partial charge in [0.25, 0.3) is 5.91 Å². The summed E-state index contributed by atoms with van der Waals surface area (Å²) < 4.78 is 29.0. The van der Waals surface area contributed by atoms with Gasteiger partial charge < -0.3 is 25.8 Å². The van der Waals surface area contributed by atoms with Crippen LogP contribution in [0.1, 0.15) is 21.5 Å². The third-order valence-corrected chi connectivity index (χ3v) is 5.14. The second-order valence-corrected chi connectivity index (χ2v) is 7.32. The van der Waals surface area contributed by atoms with Crippen molar-refractivity contribution in [2.45, 2.75) is 19.6 Å². The van der Waals surface area contributed by atoms with Crippen LogP contribution in [-0.4, -0.2) is 53.6 Å². The predicted molar refractivity (Wildman–Crippen MR) is 105 cm³/mol. The van der Waals surface area contributed by atoms with Crippen molar-refractivity contribution in [3.05, 3.63) is 40.7 Å². The molecule has 2 heterocycles. The van der Waals surface area contributed by atoms with Crippen LogP contribution in [0, 0.1) is 12.7 Å². The molecule has 1 fully saturated rings. The molecule has 0 saturated carbocycles. The lowest BCUT2D eigenvalue weighted by atomic mass is 10.1. The number of hydrogen-bond acceptors (Lipinski definition) is 7. The Labute approximate surface area is 170 Å². The van der Waals surface area contributed by atoms with Gasteiger partial charge in [0.1, 0.15) is 23.0 Å². The van der Waals surface area contributed by atoms with Crippen LogP contribution >= 0.6 is 11.5 Å². The molecule has 1 aromatic heterocycles. The number of ether oxygens (including phenoxy) is 2. The highest BCUT2D eigenvalue weighted by Gasteiger charge is 2.27. The number of morpholine rings is 1. The van der Waals surface area contributed by atoms with Gasteiger partial charge in [-0.05, 0) is 30.1 Å². The van der Waals surface area contributed by atoms with Crippen molar-refractivity contribution in [3.63, 3.8) is 0 Å². The minimum atomic E-state index is -0.810. The summed E-state index contributed by atoms with van der Waals surface area (Å²) in [6.07, 6.45) is -0.241. The number of nitrogens with one attached hydrogen (secondary N) is 1. The Morgan fingerprint density at radius 3 is 2.97 bits per heavy atom. The maximum absolute atomic E-state index is 14.0. The maximum Gasteiger partial charge on any atom is 0.322 e. The Bertz CT molecular complexity index is 906. The molecule has 1 saturated heterocycles. The molecule has 29 heavy (non-hydrogen) atoms. The molecular formula is C18H22FN5O4S. The van der Waals surface area contributed by atoms with Gasteiger partial charge in [-0.1, -0.05) is 12.1 Å². The summed E-state index contributed by atoms with van der Waals surface area (Å²) in [6.45, 7) is 3.04. The van der Waals surface area contributed by atoms with E-state index in [0.29, 0.717) is 31.8 Å². The lowest BCUT2D eigenvalue weighted by Gasteiger charge is -2.32. The van der Waals surface area contributed by atoms with Crippen LogP contribution in [0.2, 0.25) is 0 Å². The van der Waals surface area contributed by atoms with E-state index in [1.54, 1.807) is 19.1 Å². The summed E-state index contributed by atoms with van der Waals surface area (Å²) in [5.74, 6) is -1.29. The van der Waals surface area contributed by atoms with Gasteiger partial charge in [-0.25, -0.2) is 9.18 Å². The molecule has 2 aromatic rings. The highest BCUT2D eigenvalue weighted by atomic mass is 32.1. The number of aromatic nitrogens is 1. The zero-order chi connectivity index (χ0) is 21.0. The summed E-state index contributed by atoms with van der Waals surface area (Å²) in [7, 11) is 0. The van der Waals surface area contributed by atoms with Gasteiger partial charge in [0.2, 0.25) is 5.88 Å². The van der Waals surface area contributed by atoms with E-state index >= 15 is 0 Å². The topological polar surface area (TPSA) is 133 Å². The molecule has 0 bridgehead atoms. The van der Waals surface area contributed by atoms with Gasteiger partial charge >= 0.3 is 6.03 Å². The van der Waals surface area contributed by atoms with Crippen molar-refractivity contribution >= 4 is 28.5 Å². The van der Waals surface area contributed by atoms with Crippen LogP contribution in [0.25, 0.3) is 0 Å². The van der Waals surface area contributed by atoms with Crippen LogP contribution in [0.15, 0.2) is 18.2 Å². The molecule has 1 aromatic carbocycles. The molecule has 1 aliphatic heterocycles. The fraction of sp³-hybridized carbons (Fsp3) is 0.389. The van der Waals surface area contributed by atoms with E-state index in [4.69, 9.17) is 20.9 Å². The van der Waals surface area contributed by atoms with Gasteiger partial charge in [-0.3, -0.25) is 10.1 Å². The van der Waals surface area contributed by atoms with Crippen LogP contribution in [-0.2, 0) is 11.3 Å². The minimum Gasteiger partial charge on any atom is -0.471 e. The number of carbonyl (C=O) groups excluding carboxylic acids is 2. The standard InChI is InChI=1S/C18H22FN5O4S/c1-10-2-3-11(13(19)6-10)9-28-16-14(15(21)25)17(29-23-16)22-18(26)24-4-5-27-12(7-20)8-24/h2-3,6,12H,4-5,7-9,20H2,1H3,(H2,21,25)(H,22,26). The van der Waals surface area contributed by atoms with Crippen LogP contribution in [0.4, 0.5) is 14.2 Å². The Kier molecular flexibility index (Phi) is 6.62. The zero-order valence-electron chi connectivity index (χ0n) is 15.8. The number of benzene rings is 1. The number of rotatable bonds is 6. The van der Waals surface area contributed by atoms with Crippen molar-refractivity contribution in [1.29, 1.82) is 0 Å². The molecule has 0 spiro atoms. The van der Waals surface area contributed by atoms with E-state index in [9.17, 15) is 14.0 Å². The molecule has 1 unspecified atom stereocenters. The lowest BCUT2D eigenvalue weighted by Crippen LogP contribution is -2.49. The third-order valence-electron chi connectivity index (χ3n) is 4.39. The summed E-state index contributed by atoms with van der Waals surface area (Å²) in [4.78, 5) is 26.0. The SMILES string of the molecule is Cc1ccc(COc2nsc(NC(=O)N3CCOC(CN)C3)c2C(N)=O)c(F)c1. The summed E-state index contributed by atoms with van der Waals surface area (Å²) in [6, 6.07) is 4.31. The van der Waals surface area contributed by atoms with Gasteiger partial charge in [0.05, 0.1) is 12.7 Å². The highest BCUT2D eigenvalue weighted by Crippen LogP contribution is 2.31. The van der Waals surface area contributed by atoms with Gasteiger partial charge in [0.15, 0.2) is 0 Å². The van der Waals surface area contributed by atoms with E-state index in [0.717, 1.165) is 17.1 Å². The monoisotopic (exact) mass is 423 g/mol. The van der Waals surface area contributed by atoms with Crippen LogP contribution in [0.5, 0.6) is 5.88 Å². The second-order valence-electron chi connectivity index (χ2n) is 6.54. The molecule has 1 aliphatic rings. The number of urea groups is 1. The maximum atomic E-state index is 14.0. The lowest BCUT2D eigenvalue weighted by molar-refractivity contribution is -0.00659. The van der Waals surface area contributed by atoms with E-state index < -0.39 is 17.8 Å². The number of nitrogens with two attached hydrogens (primary N) is 2. The average molecular weight is 423 g/mol. The van der Waals surface area contributed by atoms with E-state index in [-0.39, 0.29) is 29.2 Å². The van der Waals surface area contributed by atoms with E-state index in [1.165, 1.54) is 11.0 Å². The first-order chi connectivity index (χ1) is 13.9. The van der Waals surface area contributed by atoms with Crippen molar-refractivity contribution in [3.8, 4) is 5.88 Å². The Morgan fingerprint density at radius 1 is 1.48 bits per heavy atom. The number of halogens is 1. The van der Waals surface area contributed by atoms with Crippen molar-refractivity contribution in [1.82, 2.24) is 9.27 Å². The molecule has 3 amide bonds. The predicted octanol–water partition coefficient (Wildman–Crippen LogP) is 1.46. The van der Waals surface area contributed by atoms with Crippen molar-refractivity contribution in [2.75, 3.05) is 31.6 Å². The normalized spacial score (nSPS) is 16.5. The quantitative estimate of drug-likeness (QED) is 0.644. The van der Waals surface area contributed by atoms with E-state index in [2.05, 4.69) is 9.69 Å². The van der Waals surface area contributed by atoms with Crippen molar-refractivity contribution in [2.24, 2.45) is 11.5 Å². The molecule has 156 valence electrons. The van der Waals surface area contributed by atoms with Gasteiger partial charge in [-0.2, -0.15) is 4.37 Å². The first-order valence-corrected chi connectivity index (χ1v) is 9.71. The van der Waals surface area contributed by atoms with Gasteiger partial charge in [-0.15, -0.1) is 0 Å². The summed E-state index contributed by atoms with van der Waals surface area (Å²) in [5, 5.41) is 2.80. The molecule has 11 heteroatoms. The molecule has 1 atom stereocenters. The number of hydrogen-bond donors (Lipinski definition) is 3.